The van der Waals surface area contributed by atoms with Crippen LogP contribution in [0.4, 0.5) is 5.82 Å². The summed E-state index contributed by atoms with van der Waals surface area (Å²) in [6.07, 6.45) is 3.68. The van der Waals surface area contributed by atoms with Crippen molar-refractivity contribution < 1.29 is 4.74 Å². The van der Waals surface area contributed by atoms with Gasteiger partial charge in [-0.1, -0.05) is 25.1 Å². The summed E-state index contributed by atoms with van der Waals surface area (Å²) in [6, 6.07) is 8.12. The van der Waals surface area contributed by atoms with Gasteiger partial charge in [0, 0.05) is 19.2 Å². The van der Waals surface area contributed by atoms with E-state index in [4.69, 9.17) is 4.74 Å². The summed E-state index contributed by atoms with van der Waals surface area (Å²) in [5.41, 5.74) is 1.22. The van der Waals surface area contributed by atoms with Crippen LogP contribution in [0.25, 0.3) is 0 Å². The van der Waals surface area contributed by atoms with Crippen molar-refractivity contribution in [2.45, 2.75) is 25.9 Å². The van der Waals surface area contributed by atoms with Crippen molar-refractivity contribution in [3.63, 3.8) is 0 Å². The lowest BCUT2D eigenvalue weighted by Crippen LogP contribution is -2.12. The minimum atomic E-state index is -0.0772. The Morgan fingerprint density at radius 1 is 1.40 bits per heavy atom. The summed E-state index contributed by atoms with van der Waals surface area (Å²) < 4.78 is 6.97. The molecule has 1 aromatic carbocycles. The van der Waals surface area contributed by atoms with Crippen LogP contribution in [0.15, 0.2) is 30.5 Å². The lowest BCUT2D eigenvalue weighted by molar-refractivity contribution is 0.227. The molecule has 1 aliphatic rings. The Bertz CT molecular complexity index is 593. The van der Waals surface area contributed by atoms with Gasteiger partial charge in [0.15, 0.2) is 11.9 Å². The summed E-state index contributed by atoms with van der Waals surface area (Å²) >= 11 is 2.25. The minimum absolute atomic E-state index is 0.0772. The van der Waals surface area contributed by atoms with Gasteiger partial charge in [0.2, 0.25) is 0 Å². The van der Waals surface area contributed by atoms with Gasteiger partial charge in [0.1, 0.15) is 11.6 Å². The maximum atomic E-state index is 5.94. The summed E-state index contributed by atoms with van der Waals surface area (Å²) in [5.74, 6) is 2.60. The molecule has 1 unspecified atom stereocenters. The number of ether oxygens (including phenoxy) is 1. The van der Waals surface area contributed by atoms with E-state index in [0.717, 1.165) is 40.3 Å². The highest BCUT2D eigenvalue weighted by atomic mass is 127. The molecule has 1 atom stereocenters. The smallest absolute Gasteiger partial charge is 0.171 e. The number of halogens is 1. The van der Waals surface area contributed by atoms with E-state index >= 15 is 0 Å². The van der Waals surface area contributed by atoms with E-state index < -0.39 is 0 Å². The molecular formula is C15H16IN3O. The molecule has 20 heavy (non-hydrogen) atoms. The van der Waals surface area contributed by atoms with E-state index in [9.17, 15) is 0 Å². The number of aromatic nitrogens is 2. The standard InChI is InChI=1S/C15H16IN3O/c1-2-7-17-14-11(16)9-18-15(19-14)13-8-10-5-3-4-6-12(10)20-13/h3-6,9,13H,2,7-8H2,1H3,(H,17,18,19). The molecule has 3 rings (SSSR count). The molecule has 0 amide bonds. The van der Waals surface area contributed by atoms with Gasteiger partial charge in [0.05, 0.1) is 3.57 Å². The molecule has 2 aromatic rings. The second-order valence-corrected chi connectivity index (χ2v) is 5.93. The third kappa shape index (κ3) is 2.72. The van der Waals surface area contributed by atoms with Crippen LogP contribution in [0.3, 0.4) is 0 Å². The highest BCUT2D eigenvalue weighted by Crippen LogP contribution is 2.35. The van der Waals surface area contributed by atoms with Crippen molar-refractivity contribution in [3.05, 3.63) is 45.4 Å². The van der Waals surface area contributed by atoms with E-state index in [1.54, 1.807) is 0 Å². The highest BCUT2D eigenvalue weighted by molar-refractivity contribution is 14.1. The predicted molar refractivity (Wildman–Crippen MR) is 87.0 cm³/mol. The van der Waals surface area contributed by atoms with Gasteiger partial charge in [-0.25, -0.2) is 9.97 Å². The number of nitrogens with zero attached hydrogens (tertiary/aromatic N) is 2. The Balaban J connectivity index is 1.82. The van der Waals surface area contributed by atoms with E-state index in [1.165, 1.54) is 5.56 Å². The Morgan fingerprint density at radius 2 is 2.25 bits per heavy atom. The van der Waals surface area contributed by atoms with Crippen LogP contribution in [0, 0.1) is 3.57 Å². The first-order valence-electron chi connectivity index (χ1n) is 6.78. The first kappa shape index (κ1) is 13.6. The molecule has 104 valence electrons. The molecule has 0 saturated heterocycles. The summed E-state index contributed by atoms with van der Waals surface area (Å²) in [4.78, 5) is 9.05. The zero-order valence-electron chi connectivity index (χ0n) is 11.3. The molecule has 0 aliphatic carbocycles. The van der Waals surface area contributed by atoms with Gasteiger partial charge in [0.25, 0.3) is 0 Å². The number of para-hydroxylation sites is 1. The number of fused-ring (bicyclic) bond motifs is 1. The Morgan fingerprint density at radius 3 is 3.05 bits per heavy atom. The molecule has 1 aliphatic heterocycles. The van der Waals surface area contributed by atoms with Gasteiger partial charge < -0.3 is 10.1 Å². The number of hydrogen-bond acceptors (Lipinski definition) is 4. The number of hydrogen-bond donors (Lipinski definition) is 1. The maximum absolute atomic E-state index is 5.94. The first-order valence-corrected chi connectivity index (χ1v) is 7.86. The molecular weight excluding hydrogens is 365 g/mol. The fraction of sp³-hybridized carbons (Fsp3) is 0.333. The van der Waals surface area contributed by atoms with E-state index in [-0.39, 0.29) is 6.10 Å². The van der Waals surface area contributed by atoms with Gasteiger partial charge in [-0.2, -0.15) is 0 Å². The van der Waals surface area contributed by atoms with Crippen molar-refractivity contribution in [1.29, 1.82) is 0 Å². The number of anilines is 1. The average Bonchev–Trinajstić information content (AvgIpc) is 2.90. The molecule has 1 N–H and O–H groups in total. The predicted octanol–water partition coefficient (Wildman–Crippen LogP) is 3.58. The molecule has 5 heteroatoms. The van der Waals surface area contributed by atoms with Gasteiger partial charge in [-0.15, -0.1) is 0 Å². The molecule has 0 fully saturated rings. The number of benzene rings is 1. The molecule has 4 nitrogen and oxygen atoms in total. The fourth-order valence-corrected chi connectivity index (χ4v) is 2.68. The third-order valence-electron chi connectivity index (χ3n) is 3.24. The van der Waals surface area contributed by atoms with Crippen molar-refractivity contribution >= 4 is 28.4 Å². The van der Waals surface area contributed by atoms with Crippen LogP contribution in [0.1, 0.15) is 30.8 Å². The Hall–Kier alpha value is -1.37. The van der Waals surface area contributed by atoms with Gasteiger partial charge in [-0.3, -0.25) is 0 Å². The highest BCUT2D eigenvalue weighted by Gasteiger charge is 2.26. The van der Waals surface area contributed by atoms with Crippen LogP contribution >= 0.6 is 22.6 Å². The van der Waals surface area contributed by atoms with Crippen molar-refractivity contribution in [1.82, 2.24) is 9.97 Å². The van der Waals surface area contributed by atoms with Gasteiger partial charge in [-0.05, 0) is 40.6 Å². The zero-order chi connectivity index (χ0) is 13.9. The van der Waals surface area contributed by atoms with Crippen LogP contribution in [0.2, 0.25) is 0 Å². The third-order valence-corrected chi connectivity index (χ3v) is 4.03. The lowest BCUT2D eigenvalue weighted by Gasteiger charge is -2.12. The second-order valence-electron chi connectivity index (χ2n) is 4.77. The summed E-state index contributed by atoms with van der Waals surface area (Å²) in [7, 11) is 0. The molecule has 0 saturated carbocycles. The SMILES string of the molecule is CCCNc1nc(C2Cc3ccccc3O2)ncc1I. The Labute approximate surface area is 132 Å². The molecule has 1 aromatic heterocycles. The Kier molecular flexibility index (Phi) is 4.05. The fourth-order valence-electron chi connectivity index (χ4n) is 2.23. The summed E-state index contributed by atoms with van der Waals surface area (Å²) in [6.45, 7) is 3.05. The lowest BCUT2D eigenvalue weighted by atomic mass is 10.1. The molecule has 2 heterocycles. The minimum Gasteiger partial charge on any atom is -0.482 e. The monoisotopic (exact) mass is 381 g/mol. The first-order chi connectivity index (χ1) is 9.78. The van der Waals surface area contributed by atoms with Gasteiger partial charge >= 0.3 is 0 Å². The number of rotatable bonds is 4. The van der Waals surface area contributed by atoms with Crippen LogP contribution in [-0.4, -0.2) is 16.5 Å². The quantitative estimate of drug-likeness (QED) is 0.823. The summed E-state index contributed by atoms with van der Waals surface area (Å²) in [5, 5.41) is 3.33. The molecule has 0 spiro atoms. The average molecular weight is 381 g/mol. The maximum Gasteiger partial charge on any atom is 0.171 e. The van der Waals surface area contributed by atoms with E-state index in [1.807, 2.05) is 24.4 Å². The van der Waals surface area contributed by atoms with Crippen molar-refractivity contribution in [3.8, 4) is 5.75 Å². The van der Waals surface area contributed by atoms with Crippen LogP contribution in [-0.2, 0) is 6.42 Å². The van der Waals surface area contributed by atoms with E-state index in [0.29, 0.717) is 0 Å². The molecule has 0 bridgehead atoms. The van der Waals surface area contributed by atoms with Crippen LogP contribution in [0.5, 0.6) is 5.75 Å². The largest absolute Gasteiger partial charge is 0.482 e. The van der Waals surface area contributed by atoms with E-state index in [2.05, 4.69) is 50.9 Å². The van der Waals surface area contributed by atoms with Crippen molar-refractivity contribution in [2.24, 2.45) is 0 Å². The molecule has 0 radical (unpaired) electrons. The number of nitrogens with one attached hydrogen (secondary N) is 1. The zero-order valence-corrected chi connectivity index (χ0v) is 13.4. The van der Waals surface area contributed by atoms with Crippen LogP contribution < -0.4 is 10.1 Å². The van der Waals surface area contributed by atoms with Crippen molar-refractivity contribution in [2.75, 3.05) is 11.9 Å². The normalized spacial score (nSPS) is 16.6. The topological polar surface area (TPSA) is 47.0 Å². The second kappa shape index (κ2) is 5.95.